The number of hydrogen-bond acceptors (Lipinski definition) is 8. The van der Waals surface area contributed by atoms with Crippen molar-refractivity contribution in [1.82, 2.24) is 15.5 Å². The van der Waals surface area contributed by atoms with Gasteiger partial charge in [-0.05, 0) is 56.0 Å². The number of nitrogens with zero attached hydrogens (tertiary/aromatic N) is 3. The van der Waals surface area contributed by atoms with Crippen LogP contribution in [0.4, 0.5) is 28.6 Å². The van der Waals surface area contributed by atoms with Crippen LogP contribution in [0.15, 0.2) is 42.5 Å². The van der Waals surface area contributed by atoms with Crippen LogP contribution in [0.5, 0.6) is 5.75 Å². The summed E-state index contributed by atoms with van der Waals surface area (Å²) in [5.41, 5.74) is 0.943. The summed E-state index contributed by atoms with van der Waals surface area (Å²) in [5, 5.41) is 18.3. The van der Waals surface area contributed by atoms with E-state index in [2.05, 4.69) is 26.1 Å². The van der Waals surface area contributed by atoms with Gasteiger partial charge in [0.05, 0.1) is 34.8 Å². The molecular weight excluding hydrogens is 562 g/mol. The summed E-state index contributed by atoms with van der Waals surface area (Å²) in [6.45, 7) is -2.22. The summed E-state index contributed by atoms with van der Waals surface area (Å²) in [5.74, 6) is -1.82. The minimum absolute atomic E-state index is 0.00309. The summed E-state index contributed by atoms with van der Waals surface area (Å²) >= 11 is 6.49. The van der Waals surface area contributed by atoms with Crippen molar-refractivity contribution in [1.29, 1.82) is 0 Å². The van der Waals surface area contributed by atoms with Crippen LogP contribution in [0.2, 0.25) is 5.02 Å². The maximum absolute atomic E-state index is 13.4. The quantitative estimate of drug-likeness (QED) is 0.285. The van der Waals surface area contributed by atoms with Crippen molar-refractivity contribution in [3.05, 3.63) is 58.7 Å². The van der Waals surface area contributed by atoms with E-state index in [4.69, 9.17) is 20.5 Å². The Labute approximate surface area is 251 Å². The molecule has 0 bridgehead atoms. The molecule has 3 aromatic rings. The van der Waals surface area contributed by atoms with Gasteiger partial charge in [0.15, 0.2) is 17.3 Å². The number of hydrogen-bond donors (Lipinski definition) is 4. The zero-order valence-electron chi connectivity index (χ0n) is 25.6. The highest BCUT2D eigenvalue weighted by Crippen LogP contribution is 2.35. The van der Waals surface area contributed by atoms with Crippen LogP contribution in [0, 0.1) is 5.92 Å². The Hall–Kier alpha value is -4.71. The number of amides is 4. The Bertz CT molecular complexity index is 1670. The molecule has 4 N–H and O–H groups in total. The molecule has 1 aliphatic heterocycles. The predicted molar refractivity (Wildman–Crippen MR) is 159 cm³/mol. The van der Waals surface area contributed by atoms with Gasteiger partial charge in [0, 0.05) is 41.7 Å². The molecule has 4 amide bonds. The number of ether oxygens (including phenoxy) is 1. The summed E-state index contributed by atoms with van der Waals surface area (Å²) < 4.78 is 27.8. The molecule has 2 aromatic carbocycles. The van der Waals surface area contributed by atoms with Gasteiger partial charge in [-0.1, -0.05) is 17.7 Å². The third-order valence-corrected chi connectivity index (χ3v) is 7.18. The number of methoxy groups -OCH3 is 1. The van der Waals surface area contributed by atoms with Crippen LogP contribution in [0.3, 0.4) is 0 Å². The molecule has 2 fully saturated rings. The van der Waals surface area contributed by atoms with Crippen molar-refractivity contribution in [2.45, 2.75) is 32.1 Å². The number of benzene rings is 2. The third kappa shape index (κ3) is 6.28. The molecule has 0 unspecified atom stereocenters. The lowest BCUT2D eigenvalue weighted by Crippen LogP contribution is -2.35. The number of piperidine rings is 1. The summed E-state index contributed by atoms with van der Waals surface area (Å²) in [7, 11) is 1.35. The zero-order valence-corrected chi connectivity index (χ0v) is 23.4. The number of aromatic nitrogens is 2. The smallest absolute Gasteiger partial charge is 0.273 e. The zero-order chi connectivity index (χ0) is 32.3. The Balaban J connectivity index is 1.41. The van der Waals surface area contributed by atoms with E-state index in [0.717, 1.165) is 25.7 Å². The maximum Gasteiger partial charge on any atom is 0.273 e. The SMILES string of the molecule is [2H]C([2H])([2H])NC(=O)c1nnc(NC(=O)C2CC2)cc1Nc1cccc(C(=O)Nc2ccc(N3CCCCC3=O)c(Cl)c2)c1OC. The Morgan fingerprint density at radius 3 is 2.60 bits per heavy atom. The van der Waals surface area contributed by atoms with E-state index in [1.54, 1.807) is 35.2 Å². The highest BCUT2D eigenvalue weighted by atomic mass is 35.5. The molecule has 12 nitrogen and oxygen atoms in total. The Morgan fingerprint density at radius 2 is 1.88 bits per heavy atom. The number of rotatable bonds is 9. The molecule has 1 saturated heterocycles. The van der Waals surface area contributed by atoms with Gasteiger partial charge >= 0.3 is 0 Å². The van der Waals surface area contributed by atoms with Crippen molar-refractivity contribution in [2.75, 3.05) is 41.5 Å². The van der Waals surface area contributed by atoms with Gasteiger partial charge in [-0.25, -0.2) is 0 Å². The van der Waals surface area contributed by atoms with Crippen LogP contribution < -0.4 is 30.9 Å². The van der Waals surface area contributed by atoms with Crippen LogP contribution in [-0.2, 0) is 9.59 Å². The van der Waals surface area contributed by atoms with Gasteiger partial charge in [0.2, 0.25) is 11.8 Å². The topological polar surface area (TPSA) is 155 Å². The first-order valence-electron chi connectivity index (χ1n) is 14.8. The highest BCUT2D eigenvalue weighted by molar-refractivity contribution is 6.34. The van der Waals surface area contributed by atoms with Gasteiger partial charge in [-0.3, -0.25) is 19.2 Å². The van der Waals surface area contributed by atoms with Gasteiger partial charge in [0.25, 0.3) is 11.8 Å². The number of carbonyl (C=O) groups excluding carboxylic acids is 4. The van der Waals surface area contributed by atoms with Crippen LogP contribution in [-0.4, -0.2) is 54.5 Å². The van der Waals surface area contributed by atoms with Gasteiger partial charge < -0.3 is 30.9 Å². The summed E-state index contributed by atoms with van der Waals surface area (Å²) in [6.07, 6.45) is 3.68. The van der Waals surface area contributed by atoms with Gasteiger partial charge in [-0.2, -0.15) is 0 Å². The molecule has 13 heteroatoms. The first-order chi connectivity index (χ1) is 21.4. The van der Waals surface area contributed by atoms with E-state index >= 15 is 0 Å². The molecule has 5 rings (SSSR count). The molecule has 218 valence electrons. The lowest BCUT2D eigenvalue weighted by molar-refractivity contribution is -0.119. The molecule has 42 heavy (non-hydrogen) atoms. The predicted octanol–water partition coefficient (Wildman–Crippen LogP) is 4.36. The van der Waals surface area contributed by atoms with Crippen molar-refractivity contribution in [3.63, 3.8) is 0 Å². The van der Waals surface area contributed by atoms with Crippen molar-refractivity contribution >= 4 is 63.8 Å². The molecule has 1 aromatic heterocycles. The Kier molecular flexibility index (Phi) is 7.41. The van der Waals surface area contributed by atoms with E-state index in [0.29, 0.717) is 29.4 Å². The van der Waals surface area contributed by atoms with Gasteiger partial charge in [0.1, 0.15) is 0 Å². The van der Waals surface area contributed by atoms with Crippen molar-refractivity contribution in [3.8, 4) is 5.75 Å². The van der Waals surface area contributed by atoms with E-state index in [1.807, 2.05) is 5.32 Å². The molecule has 0 radical (unpaired) electrons. The van der Waals surface area contributed by atoms with E-state index in [1.165, 1.54) is 19.2 Å². The number of carbonyl (C=O) groups is 4. The number of halogens is 1. The molecule has 0 spiro atoms. The summed E-state index contributed by atoms with van der Waals surface area (Å²) in [6, 6.07) is 10.9. The molecule has 1 saturated carbocycles. The molecular formula is C29H30ClN7O5. The lowest BCUT2D eigenvalue weighted by Gasteiger charge is -2.27. The van der Waals surface area contributed by atoms with Crippen molar-refractivity contribution in [2.24, 2.45) is 5.92 Å². The average Bonchev–Trinajstić information content (AvgIpc) is 3.83. The van der Waals surface area contributed by atoms with Crippen LogP contribution in [0.1, 0.15) is 57.1 Å². The number of para-hydroxylation sites is 1. The standard InChI is InChI=1S/C29H30ClN7O5/c1-31-29(41)25-21(15-23(35-36-25)34-27(39)16-9-10-16)33-20-7-5-6-18(26(20)42-2)28(40)32-17-11-12-22(19(30)14-17)37-13-4-3-8-24(37)38/h5-7,11-12,14-16H,3-4,8-10,13H2,1-2H3,(H,31,41)(H,32,40)(H2,33,34,35,39)/i1D3. The summed E-state index contributed by atoms with van der Waals surface area (Å²) in [4.78, 5) is 52.5. The third-order valence-electron chi connectivity index (χ3n) is 6.87. The van der Waals surface area contributed by atoms with Crippen LogP contribution in [0.25, 0.3) is 0 Å². The minimum Gasteiger partial charge on any atom is -0.494 e. The molecule has 1 aliphatic carbocycles. The molecule has 0 atom stereocenters. The second-order valence-corrected chi connectivity index (χ2v) is 10.3. The second kappa shape index (κ2) is 12.4. The minimum atomic E-state index is -2.80. The Morgan fingerprint density at radius 1 is 1.05 bits per heavy atom. The number of anilines is 5. The first kappa shape index (κ1) is 25.0. The highest BCUT2D eigenvalue weighted by Gasteiger charge is 2.30. The van der Waals surface area contributed by atoms with E-state index in [-0.39, 0.29) is 51.9 Å². The van der Waals surface area contributed by atoms with Crippen LogP contribution >= 0.6 is 11.6 Å². The maximum atomic E-state index is 13.4. The van der Waals surface area contributed by atoms with Crippen molar-refractivity contribution < 1.29 is 28.0 Å². The fourth-order valence-electron chi connectivity index (χ4n) is 4.59. The van der Waals surface area contributed by atoms with E-state index < -0.39 is 18.8 Å². The average molecular weight is 595 g/mol. The fourth-order valence-corrected chi connectivity index (χ4v) is 4.87. The molecule has 2 aliphatic rings. The first-order valence-corrected chi connectivity index (χ1v) is 13.7. The van der Waals surface area contributed by atoms with Gasteiger partial charge in [-0.15, -0.1) is 10.2 Å². The second-order valence-electron chi connectivity index (χ2n) is 9.84. The molecule has 2 heterocycles. The lowest BCUT2D eigenvalue weighted by atomic mass is 10.1. The largest absolute Gasteiger partial charge is 0.494 e. The normalized spacial score (nSPS) is 16.0. The monoisotopic (exact) mass is 594 g/mol. The fraction of sp³-hybridized carbons (Fsp3) is 0.310. The number of nitrogens with one attached hydrogen (secondary N) is 4. The van der Waals surface area contributed by atoms with E-state index in [9.17, 15) is 19.2 Å².